The van der Waals surface area contributed by atoms with Crippen molar-refractivity contribution in [2.75, 3.05) is 39.8 Å². The number of nitrogens with zero attached hydrogens (tertiary/aromatic N) is 1. The van der Waals surface area contributed by atoms with Crippen LogP contribution in [0.3, 0.4) is 0 Å². The van der Waals surface area contributed by atoms with E-state index in [1.807, 2.05) is 7.11 Å². The number of nitrogens with two attached hydrogens (primary N) is 1. The summed E-state index contributed by atoms with van der Waals surface area (Å²) in [4.78, 5) is 13.9. The van der Waals surface area contributed by atoms with Crippen LogP contribution in [0, 0.1) is 23.7 Å². The number of piperidine rings is 1. The fourth-order valence-electron chi connectivity index (χ4n) is 6.44. The first kappa shape index (κ1) is 23.4. The van der Waals surface area contributed by atoms with Crippen LogP contribution in [0.25, 0.3) is 0 Å². The van der Waals surface area contributed by atoms with Crippen LogP contribution >= 0.6 is 0 Å². The SMILES string of the molecule is COC1CCC(C2CNC(NC3CCC(CN4CCC(C(N)=O)CC4)CC3)NC2)CC1. The third kappa shape index (κ3) is 6.64. The number of rotatable bonds is 7. The van der Waals surface area contributed by atoms with Crippen molar-refractivity contribution >= 4 is 5.91 Å². The fraction of sp³-hybridized carbons (Fsp3) is 0.958. The van der Waals surface area contributed by atoms with E-state index in [4.69, 9.17) is 10.5 Å². The Morgan fingerprint density at radius 3 is 2.16 bits per heavy atom. The van der Waals surface area contributed by atoms with E-state index in [9.17, 15) is 4.79 Å². The van der Waals surface area contributed by atoms with E-state index < -0.39 is 0 Å². The fourth-order valence-corrected chi connectivity index (χ4v) is 6.44. The molecular weight excluding hydrogens is 390 g/mol. The van der Waals surface area contributed by atoms with Crippen molar-refractivity contribution in [1.82, 2.24) is 20.9 Å². The molecule has 0 atom stereocenters. The zero-order chi connectivity index (χ0) is 21.6. The number of carbonyl (C=O) groups is 1. The van der Waals surface area contributed by atoms with Gasteiger partial charge in [0.05, 0.1) is 6.10 Å². The molecule has 2 aliphatic heterocycles. The smallest absolute Gasteiger partial charge is 0.220 e. The largest absolute Gasteiger partial charge is 0.381 e. The lowest BCUT2D eigenvalue weighted by Crippen LogP contribution is -2.63. The normalized spacial score (nSPS) is 38.7. The molecule has 0 spiro atoms. The molecule has 7 heteroatoms. The average Bonchev–Trinajstić information content (AvgIpc) is 2.81. The second kappa shape index (κ2) is 11.4. The molecule has 4 rings (SSSR count). The van der Waals surface area contributed by atoms with Crippen LogP contribution in [-0.4, -0.2) is 69.1 Å². The molecule has 7 nitrogen and oxygen atoms in total. The van der Waals surface area contributed by atoms with E-state index in [0.29, 0.717) is 12.1 Å². The van der Waals surface area contributed by atoms with Gasteiger partial charge in [-0.15, -0.1) is 0 Å². The summed E-state index contributed by atoms with van der Waals surface area (Å²) in [5.74, 6) is 2.40. The zero-order valence-electron chi connectivity index (χ0n) is 19.5. The van der Waals surface area contributed by atoms with Gasteiger partial charge in [0.2, 0.25) is 5.91 Å². The highest BCUT2D eigenvalue weighted by atomic mass is 16.5. The molecule has 2 saturated carbocycles. The Labute approximate surface area is 188 Å². The van der Waals surface area contributed by atoms with Gasteiger partial charge in [0.25, 0.3) is 0 Å². The summed E-state index contributed by atoms with van der Waals surface area (Å²) >= 11 is 0. The van der Waals surface area contributed by atoms with E-state index in [-0.39, 0.29) is 18.1 Å². The van der Waals surface area contributed by atoms with Crippen LogP contribution in [0.5, 0.6) is 0 Å². The zero-order valence-corrected chi connectivity index (χ0v) is 19.5. The molecule has 0 aromatic heterocycles. The maximum Gasteiger partial charge on any atom is 0.220 e. The summed E-state index contributed by atoms with van der Waals surface area (Å²) in [6, 6.07) is 0.621. The lowest BCUT2D eigenvalue weighted by molar-refractivity contribution is -0.123. The maximum absolute atomic E-state index is 11.4. The molecule has 178 valence electrons. The van der Waals surface area contributed by atoms with E-state index in [0.717, 1.165) is 56.8 Å². The molecular formula is C24H45N5O2. The van der Waals surface area contributed by atoms with Gasteiger partial charge in [0.15, 0.2) is 0 Å². The van der Waals surface area contributed by atoms with Crippen LogP contribution in [0.4, 0.5) is 0 Å². The van der Waals surface area contributed by atoms with Crippen molar-refractivity contribution < 1.29 is 9.53 Å². The molecule has 0 bridgehead atoms. The Balaban J connectivity index is 1.09. The van der Waals surface area contributed by atoms with E-state index >= 15 is 0 Å². The summed E-state index contributed by atoms with van der Waals surface area (Å²) < 4.78 is 5.53. The van der Waals surface area contributed by atoms with Gasteiger partial charge in [-0.2, -0.15) is 0 Å². The lowest BCUT2D eigenvalue weighted by atomic mass is 9.78. The van der Waals surface area contributed by atoms with Crippen molar-refractivity contribution in [1.29, 1.82) is 0 Å². The van der Waals surface area contributed by atoms with Crippen molar-refractivity contribution in [3.8, 4) is 0 Å². The van der Waals surface area contributed by atoms with Crippen molar-refractivity contribution in [2.24, 2.45) is 29.4 Å². The predicted molar refractivity (Wildman–Crippen MR) is 123 cm³/mol. The second-order valence-electron chi connectivity index (χ2n) is 10.6. The number of amides is 1. The molecule has 1 amide bonds. The first-order chi connectivity index (χ1) is 15.1. The maximum atomic E-state index is 11.4. The van der Waals surface area contributed by atoms with E-state index in [1.165, 1.54) is 57.9 Å². The summed E-state index contributed by atoms with van der Waals surface area (Å²) in [6.45, 7) is 5.53. The highest BCUT2D eigenvalue weighted by Crippen LogP contribution is 2.32. The topological polar surface area (TPSA) is 91.7 Å². The van der Waals surface area contributed by atoms with Crippen LogP contribution in [0.2, 0.25) is 0 Å². The molecule has 31 heavy (non-hydrogen) atoms. The molecule has 2 saturated heterocycles. The van der Waals surface area contributed by atoms with Crippen LogP contribution in [0.1, 0.15) is 64.2 Å². The Bertz CT molecular complexity index is 544. The van der Waals surface area contributed by atoms with Crippen LogP contribution < -0.4 is 21.7 Å². The van der Waals surface area contributed by atoms with Crippen molar-refractivity contribution in [2.45, 2.75) is 82.6 Å². The molecule has 0 aromatic carbocycles. The molecule has 4 fully saturated rings. The monoisotopic (exact) mass is 435 g/mol. The third-order valence-electron chi connectivity index (χ3n) is 8.64. The average molecular weight is 436 g/mol. The number of hydrogen-bond acceptors (Lipinski definition) is 6. The number of hydrogen-bond donors (Lipinski definition) is 4. The number of ether oxygens (including phenoxy) is 1. The van der Waals surface area contributed by atoms with Crippen LogP contribution in [-0.2, 0) is 9.53 Å². The number of primary amides is 1. The number of likely N-dealkylation sites (tertiary alicyclic amines) is 1. The lowest BCUT2D eigenvalue weighted by Gasteiger charge is -2.41. The summed E-state index contributed by atoms with van der Waals surface area (Å²) in [5, 5.41) is 11.3. The molecule has 5 N–H and O–H groups in total. The molecule has 2 aliphatic carbocycles. The Morgan fingerprint density at radius 2 is 1.58 bits per heavy atom. The first-order valence-electron chi connectivity index (χ1n) is 12.9. The quantitative estimate of drug-likeness (QED) is 0.486. The standard InChI is InChI=1S/C24H45N5O2/c1-31-22-8-4-18(5-9-22)20-14-26-24(27-15-20)28-21-6-2-17(3-7-21)16-29-12-10-19(11-13-29)23(25)30/h17-22,24,26-28H,2-16H2,1H3,(H2,25,30). The summed E-state index contributed by atoms with van der Waals surface area (Å²) in [6.07, 6.45) is 12.9. The minimum Gasteiger partial charge on any atom is -0.381 e. The van der Waals surface area contributed by atoms with Gasteiger partial charge in [-0.05, 0) is 95.1 Å². The van der Waals surface area contributed by atoms with Gasteiger partial charge in [0, 0.05) is 38.7 Å². The molecule has 0 aromatic rings. The van der Waals surface area contributed by atoms with E-state index in [1.54, 1.807) is 0 Å². The summed E-state index contributed by atoms with van der Waals surface area (Å²) in [5.41, 5.74) is 5.47. The van der Waals surface area contributed by atoms with Crippen molar-refractivity contribution in [3.63, 3.8) is 0 Å². The number of nitrogens with one attached hydrogen (secondary N) is 3. The Hall–Kier alpha value is -0.730. The minimum atomic E-state index is -0.110. The Morgan fingerprint density at radius 1 is 0.935 bits per heavy atom. The summed E-state index contributed by atoms with van der Waals surface area (Å²) in [7, 11) is 1.85. The van der Waals surface area contributed by atoms with Gasteiger partial charge in [-0.25, -0.2) is 0 Å². The third-order valence-corrected chi connectivity index (χ3v) is 8.64. The predicted octanol–water partition coefficient (Wildman–Crippen LogP) is 1.63. The van der Waals surface area contributed by atoms with Gasteiger partial charge in [0.1, 0.15) is 6.29 Å². The molecule has 0 radical (unpaired) electrons. The van der Waals surface area contributed by atoms with Crippen molar-refractivity contribution in [3.05, 3.63) is 0 Å². The highest BCUT2D eigenvalue weighted by molar-refractivity contribution is 5.76. The van der Waals surface area contributed by atoms with Gasteiger partial charge in [-0.1, -0.05) is 0 Å². The minimum absolute atomic E-state index is 0.103. The van der Waals surface area contributed by atoms with Crippen LogP contribution in [0.15, 0.2) is 0 Å². The highest BCUT2D eigenvalue weighted by Gasteiger charge is 2.32. The van der Waals surface area contributed by atoms with Gasteiger partial charge >= 0.3 is 0 Å². The van der Waals surface area contributed by atoms with E-state index in [2.05, 4.69) is 20.9 Å². The second-order valence-corrected chi connectivity index (χ2v) is 10.6. The first-order valence-corrected chi connectivity index (χ1v) is 12.9. The number of carbonyl (C=O) groups excluding carboxylic acids is 1. The number of methoxy groups -OCH3 is 1. The molecule has 0 unspecified atom stereocenters. The molecule has 2 heterocycles. The Kier molecular flexibility index (Phi) is 8.63. The van der Waals surface area contributed by atoms with Gasteiger partial charge < -0.3 is 15.4 Å². The van der Waals surface area contributed by atoms with Gasteiger partial charge in [-0.3, -0.25) is 20.7 Å². The molecule has 4 aliphatic rings.